The summed E-state index contributed by atoms with van der Waals surface area (Å²) in [5, 5.41) is 3.03. The summed E-state index contributed by atoms with van der Waals surface area (Å²) < 4.78 is 2.10. The summed E-state index contributed by atoms with van der Waals surface area (Å²) in [5.74, 6) is -0.171. The second kappa shape index (κ2) is 6.36. The summed E-state index contributed by atoms with van der Waals surface area (Å²) >= 11 is 1.28. The summed E-state index contributed by atoms with van der Waals surface area (Å²) in [6.45, 7) is 0.516. The Morgan fingerprint density at radius 2 is 2.04 bits per heavy atom. The number of para-hydroxylation sites is 1. The van der Waals surface area contributed by atoms with Crippen molar-refractivity contribution >= 4 is 29.0 Å². The molecule has 0 atom stereocenters. The van der Waals surface area contributed by atoms with Crippen LogP contribution >= 0.6 is 11.3 Å². The monoisotopic (exact) mass is 341 g/mol. The third-order valence-corrected chi connectivity index (χ3v) is 5.64. The number of hydrogen-bond acceptors (Lipinski definition) is 4. The van der Waals surface area contributed by atoms with E-state index in [0.29, 0.717) is 15.9 Å². The number of nitrogens with zero attached hydrogens (tertiary/aromatic N) is 2. The van der Waals surface area contributed by atoms with Crippen LogP contribution in [0.25, 0.3) is 6.08 Å². The van der Waals surface area contributed by atoms with Gasteiger partial charge in [-0.2, -0.15) is 0 Å². The first-order valence-corrected chi connectivity index (χ1v) is 9.21. The summed E-state index contributed by atoms with van der Waals surface area (Å²) in [6, 6.07) is 8.05. The smallest absolute Gasteiger partial charge is 0.270 e. The molecular formula is C18H19N3O2S. The normalized spacial score (nSPS) is 17.8. The maximum Gasteiger partial charge on any atom is 0.270 e. The molecule has 2 aromatic rings. The number of amides is 1. The van der Waals surface area contributed by atoms with E-state index >= 15 is 0 Å². The van der Waals surface area contributed by atoms with E-state index in [4.69, 9.17) is 0 Å². The number of fused-ring (bicyclic) bond motifs is 2. The third kappa shape index (κ3) is 2.94. The lowest BCUT2D eigenvalue weighted by atomic mass is 9.95. The molecule has 1 aliphatic heterocycles. The van der Waals surface area contributed by atoms with Crippen molar-refractivity contribution in [2.75, 3.05) is 0 Å². The molecule has 1 amide bonds. The zero-order valence-electron chi connectivity index (χ0n) is 13.3. The van der Waals surface area contributed by atoms with Crippen LogP contribution in [-0.2, 0) is 11.3 Å². The minimum atomic E-state index is -0.171. The lowest BCUT2D eigenvalue weighted by Gasteiger charge is -2.21. The number of thiazole rings is 1. The Balaban J connectivity index is 1.63. The van der Waals surface area contributed by atoms with Crippen LogP contribution in [0.3, 0.4) is 0 Å². The Morgan fingerprint density at radius 1 is 1.25 bits per heavy atom. The SMILES string of the molecule is O=C(/C=c1\sc2n(c1=O)Cc1ccccc1N=2)NC1CCCCC1. The van der Waals surface area contributed by atoms with Crippen molar-refractivity contribution in [3.63, 3.8) is 0 Å². The largest absolute Gasteiger partial charge is 0.350 e. The molecule has 1 saturated carbocycles. The molecule has 0 radical (unpaired) electrons. The highest BCUT2D eigenvalue weighted by atomic mass is 32.1. The third-order valence-electron chi connectivity index (χ3n) is 4.64. The molecule has 124 valence electrons. The lowest BCUT2D eigenvalue weighted by molar-refractivity contribution is -0.116. The van der Waals surface area contributed by atoms with Gasteiger partial charge in [0.2, 0.25) is 5.91 Å². The van der Waals surface area contributed by atoms with Crippen molar-refractivity contribution in [2.24, 2.45) is 4.99 Å². The highest BCUT2D eigenvalue weighted by Gasteiger charge is 2.16. The number of hydrogen-bond donors (Lipinski definition) is 1. The molecular weight excluding hydrogens is 322 g/mol. The second-order valence-electron chi connectivity index (χ2n) is 6.37. The Hall–Kier alpha value is -2.21. The minimum Gasteiger partial charge on any atom is -0.350 e. The van der Waals surface area contributed by atoms with E-state index in [2.05, 4.69) is 10.3 Å². The Labute approximate surface area is 143 Å². The molecule has 0 bridgehead atoms. The van der Waals surface area contributed by atoms with Gasteiger partial charge >= 0.3 is 0 Å². The van der Waals surface area contributed by atoms with Crippen molar-refractivity contribution in [1.82, 2.24) is 9.88 Å². The first-order valence-electron chi connectivity index (χ1n) is 8.39. The molecule has 0 saturated heterocycles. The van der Waals surface area contributed by atoms with Crippen LogP contribution in [0.1, 0.15) is 37.7 Å². The number of aromatic nitrogens is 1. The van der Waals surface area contributed by atoms with Crippen LogP contribution in [-0.4, -0.2) is 16.5 Å². The van der Waals surface area contributed by atoms with Crippen LogP contribution in [0.4, 0.5) is 5.69 Å². The number of nitrogens with one attached hydrogen (secondary N) is 1. The Kier molecular flexibility index (Phi) is 4.06. The van der Waals surface area contributed by atoms with Crippen LogP contribution in [0, 0.1) is 0 Å². The van der Waals surface area contributed by atoms with E-state index in [1.54, 1.807) is 4.57 Å². The average Bonchev–Trinajstić information content (AvgIpc) is 2.89. The van der Waals surface area contributed by atoms with Crippen molar-refractivity contribution in [1.29, 1.82) is 0 Å². The number of benzene rings is 1. The predicted molar refractivity (Wildman–Crippen MR) is 94.0 cm³/mol. The summed E-state index contributed by atoms with van der Waals surface area (Å²) in [4.78, 5) is 30.0. The molecule has 2 heterocycles. The standard InChI is InChI=1S/C18H19N3O2S/c22-16(19-13-7-2-1-3-8-13)10-15-17(23)21-11-12-6-4-5-9-14(12)20-18(21)24-15/h4-6,9-10,13H,1-3,7-8,11H2,(H,19,22)/b15-10-. The molecule has 1 fully saturated rings. The van der Waals surface area contributed by atoms with E-state index < -0.39 is 0 Å². The maximum absolute atomic E-state index is 12.6. The van der Waals surface area contributed by atoms with Gasteiger partial charge in [0.05, 0.1) is 12.2 Å². The molecule has 1 aromatic heterocycles. The van der Waals surface area contributed by atoms with Gasteiger partial charge in [0.15, 0.2) is 4.80 Å². The Bertz CT molecular complexity index is 951. The van der Waals surface area contributed by atoms with E-state index in [9.17, 15) is 9.59 Å². The van der Waals surface area contributed by atoms with Crippen molar-refractivity contribution in [3.05, 3.63) is 49.5 Å². The summed E-state index contributed by atoms with van der Waals surface area (Å²) in [6.07, 6.45) is 7.08. The van der Waals surface area contributed by atoms with Crippen LogP contribution in [0.5, 0.6) is 0 Å². The molecule has 4 rings (SSSR count). The number of carbonyl (C=O) groups excluding carboxylic acids is 1. The highest BCUT2D eigenvalue weighted by molar-refractivity contribution is 7.07. The van der Waals surface area contributed by atoms with Gasteiger partial charge < -0.3 is 5.32 Å². The molecule has 1 aromatic carbocycles. The van der Waals surface area contributed by atoms with Crippen molar-refractivity contribution in [3.8, 4) is 0 Å². The fraction of sp³-hybridized carbons (Fsp3) is 0.389. The first kappa shape index (κ1) is 15.3. The molecule has 2 aliphatic rings. The molecule has 5 nitrogen and oxygen atoms in total. The van der Waals surface area contributed by atoms with Gasteiger partial charge in [-0.15, -0.1) is 0 Å². The van der Waals surface area contributed by atoms with Crippen LogP contribution in [0.15, 0.2) is 34.1 Å². The van der Waals surface area contributed by atoms with Gasteiger partial charge in [-0.3, -0.25) is 14.2 Å². The minimum absolute atomic E-state index is 0.132. The van der Waals surface area contributed by atoms with Gasteiger partial charge in [-0.05, 0) is 24.5 Å². The lowest BCUT2D eigenvalue weighted by Crippen LogP contribution is -2.37. The number of carbonyl (C=O) groups is 1. The molecule has 6 heteroatoms. The topological polar surface area (TPSA) is 63.5 Å². The average molecular weight is 341 g/mol. The number of rotatable bonds is 2. The fourth-order valence-corrected chi connectivity index (χ4v) is 4.33. The fourth-order valence-electron chi connectivity index (χ4n) is 3.37. The van der Waals surface area contributed by atoms with Gasteiger partial charge in [-0.1, -0.05) is 48.8 Å². The zero-order chi connectivity index (χ0) is 16.5. The summed E-state index contributed by atoms with van der Waals surface area (Å²) in [5.41, 5.74) is 1.80. The second-order valence-corrected chi connectivity index (χ2v) is 7.38. The summed E-state index contributed by atoms with van der Waals surface area (Å²) in [7, 11) is 0. The molecule has 24 heavy (non-hydrogen) atoms. The maximum atomic E-state index is 12.6. The van der Waals surface area contributed by atoms with E-state index in [1.807, 2.05) is 24.3 Å². The first-order chi connectivity index (χ1) is 11.7. The highest BCUT2D eigenvalue weighted by Crippen LogP contribution is 2.20. The van der Waals surface area contributed by atoms with Gasteiger partial charge in [0.25, 0.3) is 5.56 Å². The quantitative estimate of drug-likeness (QED) is 0.767. The molecule has 1 N–H and O–H groups in total. The van der Waals surface area contributed by atoms with E-state index in [0.717, 1.165) is 36.9 Å². The van der Waals surface area contributed by atoms with E-state index in [-0.39, 0.29) is 17.5 Å². The van der Waals surface area contributed by atoms with Gasteiger partial charge in [0.1, 0.15) is 4.53 Å². The van der Waals surface area contributed by atoms with Crippen molar-refractivity contribution in [2.45, 2.75) is 44.7 Å². The Morgan fingerprint density at radius 3 is 2.88 bits per heavy atom. The predicted octanol–water partition coefficient (Wildman–Crippen LogP) is 1.45. The van der Waals surface area contributed by atoms with E-state index in [1.165, 1.54) is 23.8 Å². The molecule has 0 unspecified atom stereocenters. The molecule has 0 spiro atoms. The van der Waals surface area contributed by atoms with Crippen molar-refractivity contribution < 1.29 is 4.79 Å². The van der Waals surface area contributed by atoms with Crippen LogP contribution in [0.2, 0.25) is 0 Å². The molecule has 1 aliphatic carbocycles. The van der Waals surface area contributed by atoms with Gasteiger partial charge in [-0.25, -0.2) is 4.99 Å². The van der Waals surface area contributed by atoms with Gasteiger partial charge in [0, 0.05) is 12.1 Å². The van der Waals surface area contributed by atoms with Crippen LogP contribution < -0.4 is 20.2 Å². The zero-order valence-corrected chi connectivity index (χ0v) is 14.1.